The third kappa shape index (κ3) is 2.92. The summed E-state index contributed by atoms with van der Waals surface area (Å²) in [6.45, 7) is 0. The summed E-state index contributed by atoms with van der Waals surface area (Å²) in [5.74, 6) is 0.744. The summed E-state index contributed by atoms with van der Waals surface area (Å²) in [6.07, 6.45) is 5.66. The van der Waals surface area contributed by atoms with Crippen molar-refractivity contribution in [2.24, 2.45) is 0 Å². The zero-order chi connectivity index (χ0) is 14.8. The van der Waals surface area contributed by atoms with E-state index in [9.17, 15) is 5.11 Å². The van der Waals surface area contributed by atoms with Gasteiger partial charge in [-0.2, -0.15) is 5.10 Å². The summed E-state index contributed by atoms with van der Waals surface area (Å²) in [5.41, 5.74) is 1.68. The Balaban J connectivity index is 1.93. The molecule has 0 radical (unpaired) electrons. The van der Waals surface area contributed by atoms with E-state index in [2.05, 4.69) is 5.10 Å². The maximum atomic E-state index is 10.1. The van der Waals surface area contributed by atoms with Crippen LogP contribution < -0.4 is 4.74 Å². The normalized spacial score (nSPS) is 22.2. The molecule has 1 saturated carbocycles. The highest BCUT2D eigenvalue weighted by atomic mass is 35.5. The number of halogens is 1. The SMILES string of the molecule is COc1ccc(Cl)cc1-c1ccn([C@H]2CCCC[C@@H]2O)n1. The molecule has 0 amide bonds. The van der Waals surface area contributed by atoms with E-state index in [1.807, 2.05) is 29.1 Å². The van der Waals surface area contributed by atoms with Crippen LogP contribution in [0, 0.1) is 0 Å². The van der Waals surface area contributed by atoms with Gasteiger partial charge in [0.25, 0.3) is 0 Å². The van der Waals surface area contributed by atoms with Gasteiger partial charge in [-0.25, -0.2) is 0 Å². The summed E-state index contributed by atoms with van der Waals surface area (Å²) in [5, 5.41) is 15.4. The largest absolute Gasteiger partial charge is 0.496 e. The predicted molar refractivity (Wildman–Crippen MR) is 82.7 cm³/mol. The van der Waals surface area contributed by atoms with Gasteiger partial charge < -0.3 is 9.84 Å². The molecule has 2 atom stereocenters. The van der Waals surface area contributed by atoms with Crippen LogP contribution in [-0.2, 0) is 0 Å². The monoisotopic (exact) mass is 306 g/mol. The summed E-state index contributed by atoms with van der Waals surface area (Å²) in [7, 11) is 1.63. The second-order valence-corrected chi connectivity index (χ2v) is 5.88. The molecule has 1 aromatic heterocycles. The Morgan fingerprint density at radius 3 is 2.86 bits per heavy atom. The van der Waals surface area contributed by atoms with Crippen molar-refractivity contribution in [3.05, 3.63) is 35.5 Å². The first-order valence-electron chi connectivity index (χ1n) is 7.26. The van der Waals surface area contributed by atoms with Crippen molar-refractivity contribution in [3.63, 3.8) is 0 Å². The molecule has 0 bridgehead atoms. The minimum Gasteiger partial charge on any atom is -0.496 e. The third-order valence-corrected chi connectivity index (χ3v) is 4.31. The van der Waals surface area contributed by atoms with Crippen molar-refractivity contribution < 1.29 is 9.84 Å². The van der Waals surface area contributed by atoms with Gasteiger partial charge in [0.1, 0.15) is 5.75 Å². The van der Waals surface area contributed by atoms with Gasteiger partial charge in [0.05, 0.1) is 24.9 Å². The molecule has 1 N–H and O–H groups in total. The molecular weight excluding hydrogens is 288 g/mol. The first kappa shape index (κ1) is 14.4. The van der Waals surface area contributed by atoms with Crippen LogP contribution in [0.3, 0.4) is 0 Å². The lowest BCUT2D eigenvalue weighted by atomic mass is 9.93. The van der Waals surface area contributed by atoms with Crippen molar-refractivity contribution >= 4 is 11.6 Å². The molecule has 0 saturated heterocycles. The van der Waals surface area contributed by atoms with Crippen molar-refractivity contribution in [2.75, 3.05) is 7.11 Å². The maximum absolute atomic E-state index is 10.1. The van der Waals surface area contributed by atoms with Gasteiger partial charge in [-0.3, -0.25) is 4.68 Å². The fourth-order valence-electron chi connectivity index (χ4n) is 2.95. The molecule has 0 aliphatic heterocycles. The average molecular weight is 307 g/mol. The molecule has 2 aromatic rings. The van der Waals surface area contributed by atoms with E-state index in [1.54, 1.807) is 13.2 Å². The van der Waals surface area contributed by atoms with Crippen LogP contribution in [0.25, 0.3) is 11.3 Å². The smallest absolute Gasteiger partial charge is 0.128 e. The Labute approximate surface area is 129 Å². The fraction of sp³-hybridized carbons (Fsp3) is 0.438. The first-order chi connectivity index (χ1) is 10.2. The summed E-state index contributed by atoms with van der Waals surface area (Å²) < 4.78 is 7.25. The standard InChI is InChI=1S/C16H19ClN2O2/c1-21-16-7-6-11(17)10-12(16)13-8-9-19(18-13)14-4-2-3-5-15(14)20/h6-10,14-15,20H,2-5H2,1H3/t14-,15-/m0/s1. The van der Waals surface area contributed by atoms with Crippen molar-refractivity contribution in [1.82, 2.24) is 9.78 Å². The zero-order valence-electron chi connectivity index (χ0n) is 12.0. The number of hydrogen-bond acceptors (Lipinski definition) is 3. The Morgan fingerprint density at radius 2 is 2.10 bits per heavy atom. The second kappa shape index (κ2) is 6.08. The van der Waals surface area contributed by atoms with Crippen molar-refractivity contribution in [2.45, 2.75) is 37.8 Å². The molecule has 21 heavy (non-hydrogen) atoms. The molecule has 1 heterocycles. The lowest BCUT2D eigenvalue weighted by molar-refractivity contribution is 0.0696. The van der Waals surface area contributed by atoms with Gasteiger partial charge in [-0.15, -0.1) is 0 Å². The van der Waals surface area contributed by atoms with Crippen LogP contribution in [0.2, 0.25) is 5.02 Å². The molecule has 112 valence electrons. The maximum Gasteiger partial charge on any atom is 0.128 e. The highest BCUT2D eigenvalue weighted by Crippen LogP contribution is 2.33. The highest BCUT2D eigenvalue weighted by Gasteiger charge is 2.25. The van der Waals surface area contributed by atoms with Crippen LogP contribution in [0.15, 0.2) is 30.5 Å². The van der Waals surface area contributed by atoms with Gasteiger partial charge in [0.2, 0.25) is 0 Å². The molecule has 5 heteroatoms. The number of nitrogens with zero attached hydrogens (tertiary/aromatic N) is 2. The van der Waals surface area contributed by atoms with Gasteiger partial charge in [-0.1, -0.05) is 24.4 Å². The number of benzene rings is 1. The molecule has 3 rings (SSSR count). The van der Waals surface area contributed by atoms with Gasteiger partial charge >= 0.3 is 0 Å². The van der Waals surface area contributed by atoms with E-state index in [0.29, 0.717) is 5.02 Å². The van der Waals surface area contributed by atoms with Gasteiger partial charge in [0.15, 0.2) is 0 Å². The van der Waals surface area contributed by atoms with E-state index < -0.39 is 0 Å². The number of aliphatic hydroxyl groups is 1. The Kier molecular flexibility index (Phi) is 4.17. The van der Waals surface area contributed by atoms with Crippen LogP contribution in [0.5, 0.6) is 5.75 Å². The molecule has 1 aromatic carbocycles. The molecule has 4 nitrogen and oxygen atoms in total. The quantitative estimate of drug-likeness (QED) is 0.941. The molecule has 1 aliphatic rings. The lowest BCUT2D eigenvalue weighted by Crippen LogP contribution is -2.27. The highest BCUT2D eigenvalue weighted by molar-refractivity contribution is 6.30. The summed E-state index contributed by atoms with van der Waals surface area (Å²) in [6, 6.07) is 7.50. The zero-order valence-corrected chi connectivity index (χ0v) is 12.8. The van der Waals surface area contributed by atoms with Crippen LogP contribution in [-0.4, -0.2) is 28.1 Å². The Bertz CT molecular complexity index is 626. The van der Waals surface area contributed by atoms with E-state index in [0.717, 1.165) is 42.7 Å². The minimum absolute atomic E-state index is 0.0673. The number of hydrogen-bond donors (Lipinski definition) is 1. The first-order valence-corrected chi connectivity index (χ1v) is 7.64. The van der Waals surface area contributed by atoms with E-state index in [4.69, 9.17) is 16.3 Å². The molecule has 0 spiro atoms. The second-order valence-electron chi connectivity index (χ2n) is 5.44. The number of aromatic nitrogens is 2. The number of ether oxygens (including phenoxy) is 1. The summed E-state index contributed by atoms with van der Waals surface area (Å²) >= 11 is 6.07. The summed E-state index contributed by atoms with van der Waals surface area (Å²) in [4.78, 5) is 0. The fourth-order valence-corrected chi connectivity index (χ4v) is 3.12. The van der Waals surface area contributed by atoms with E-state index in [-0.39, 0.29) is 12.1 Å². The van der Waals surface area contributed by atoms with Crippen LogP contribution >= 0.6 is 11.6 Å². The predicted octanol–water partition coefficient (Wildman–Crippen LogP) is 3.69. The molecular formula is C16H19ClN2O2. The van der Waals surface area contributed by atoms with E-state index >= 15 is 0 Å². The lowest BCUT2D eigenvalue weighted by Gasteiger charge is -2.27. The van der Waals surface area contributed by atoms with Crippen LogP contribution in [0.1, 0.15) is 31.7 Å². The number of rotatable bonds is 3. The molecule has 1 aliphatic carbocycles. The Morgan fingerprint density at radius 1 is 1.29 bits per heavy atom. The minimum atomic E-state index is -0.312. The van der Waals surface area contributed by atoms with Crippen molar-refractivity contribution in [1.29, 1.82) is 0 Å². The van der Waals surface area contributed by atoms with Crippen molar-refractivity contribution in [3.8, 4) is 17.0 Å². The molecule has 1 fully saturated rings. The van der Waals surface area contributed by atoms with Gasteiger partial charge in [-0.05, 0) is 37.1 Å². The van der Waals surface area contributed by atoms with Gasteiger partial charge in [0, 0.05) is 16.8 Å². The Hall–Kier alpha value is -1.52. The number of methoxy groups -OCH3 is 1. The topological polar surface area (TPSA) is 47.3 Å². The van der Waals surface area contributed by atoms with E-state index in [1.165, 1.54) is 0 Å². The van der Waals surface area contributed by atoms with Crippen LogP contribution in [0.4, 0.5) is 0 Å². The average Bonchev–Trinajstić information content (AvgIpc) is 2.97. The molecule has 0 unspecified atom stereocenters. The number of aliphatic hydroxyl groups excluding tert-OH is 1. The third-order valence-electron chi connectivity index (χ3n) is 4.08.